The molecule has 1 aliphatic rings. The summed E-state index contributed by atoms with van der Waals surface area (Å²) < 4.78 is 32.7. The number of ether oxygens (including phenoxy) is 1. The van der Waals surface area contributed by atoms with E-state index in [9.17, 15) is 8.78 Å². The molecule has 0 saturated heterocycles. The highest BCUT2D eigenvalue weighted by Crippen LogP contribution is 2.30. The van der Waals surface area contributed by atoms with E-state index in [-0.39, 0.29) is 18.3 Å². The minimum Gasteiger partial charge on any atom is -0.376 e. The van der Waals surface area contributed by atoms with Gasteiger partial charge in [0.2, 0.25) is 0 Å². The lowest BCUT2D eigenvalue weighted by molar-refractivity contribution is -0.0183. The predicted molar refractivity (Wildman–Crippen MR) is 75.3 cm³/mol. The summed E-state index contributed by atoms with van der Waals surface area (Å²) in [6.45, 7) is 2.40. The van der Waals surface area contributed by atoms with E-state index in [0.717, 1.165) is 18.9 Å². The number of hydrogen-bond acceptors (Lipinski definition) is 2. The predicted octanol–water partition coefficient (Wildman–Crippen LogP) is 3.95. The lowest BCUT2D eigenvalue weighted by Crippen LogP contribution is -2.30. The molecule has 1 saturated carbocycles. The van der Waals surface area contributed by atoms with Crippen molar-refractivity contribution in [2.24, 2.45) is 11.7 Å². The maximum atomic E-state index is 13.6. The molecule has 20 heavy (non-hydrogen) atoms. The number of rotatable bonds is 5. The molecule has 3 atom stereocenters. The topological polar surface area (TPSA) is 35.2 Å². The lowest BCUT2D eigenvalue weighted by atomic mass is 9.85. The third-order valence-corrected chi connectivity index (χ3v) is 4.23. The first kappa shape index (κ1) is 15.4. The Labute approximate surface area is 119 Å². The van der Waals surface area contributed by atoms with E-state index in [4.69, 9.17) is 10.5 Å². The maximum absolute atomic E-state index is 13.6. The van der Waals surface area contributed by atoms with E-state index in [1.807, 2.05) is 0 Å². The first-order valence-corrected chi connectivity index (χ1v) is 7.44. The Bertz CT molecular complexity index is 438. The van der Waals surface area contributed by atoms with E-state index < -0.39 is 17.7 Å². The Morgan fingerprint density at radius 1 is 1.30 bits per heavy atom. The van der Waals surface area contributed by atoms with Crippen LogP contribution in [0, 0.1) is 17.6 Å². The first-order chi connectivity index (χ1) is 9.63. The van der Waals surface area contributed by atoms with Crippen molar-refractivity contribution in [1.82, 2.24) is 0 Å². The average Bonchev–Trinajstić information content (AvgIpc) is 2.48. The van der Waals surface area contributed by atoms with Gasteiger partial charge in [-0.15, -0.1) is 0 Å². The van der Waals surface area contributed by atoms with E-state index >= 15 is 0 Å². The van der Waals surface area contributed by atoms with Gasteiger partial charge in [-0.05, 0) is 24.8 Å². The van der Waals surface area contributed by atoms with Crippen molar-refractivity contribution < 1.29 is 13.5 Å². The Morgan fingerprint density at radius 3 is 2.80 bits per heavy atom. The van der Waals surface area contributed by atoms with E-state index in [2.05, 4.69) is 6.92 Å². The smallest absolute Gasteiger partial charge is 0.163 e. The molecule has 4 heteroatoms. The average molecular weight is 283 g/mol. The van der Waals surface area contributed by atoms with Gasteiger partial charge in [-0.1, -0.05) is 38.3 Å². The van der Waals surface area contributed by atoms with Gasteiger partial charge >= 0.3 is 0 Å². The molecule has 1 aromatic carbocycles. The van der Waals surface area contributed by atoms with Gasteiger partial charge < -0.3 is 10.5 Å². The molecule has 2 nitrogen and oxygen atoms in total. The molecule has 0 heterocycles. The van der Waals surface area contributed by atoms with Gasteiger partial charge in [-0.25, -0.2) is 8.78 Å². The van der Waals surface area contributed by atoms with Gasteiger partial charge in [0.05, 0.1) is 18.8 Å². The van der Waals surface area contributed by atoms with Gasteiger partial charge in [0, 0.05) is 5.56 Å². The van der Waals surface area contributed by atoms with Crippen molar-refractivity contribution in [1.29, 1.82) is 0 Å². The molecule has 0 aliphatic heterocycles. The fourth-order valence-corrected chi connectivity index (χ4v) is 2.98. The third-order valence-electron chi connectivity index (χ3n) is 4.23. The molecule has 1 fully saturated rings. The SMILES string of the molecule is CCC1CCCCC1OCC(N)c1cccc(F)c1F. The lowest BCUT2D eigenvalue weighted by Gasteiger charge is -2.31. The molecule has 3 unspecified atom stereocenters. The second kappa shape index (κ2) is 7.14. The van der Waals surface area contributed by atoms with Gasteiger partial charge in [-0.3, -0.25) is 0 Å². The maximum Gasteiger partial charge on any atom is 0.163 e. The van der Waals surface area contributed by atoms with Crippen LogP contribution in [0.2, 0.25) is 0 Å². The van der Waals surface area contributed by atoms with Crippen molar-refractivity contribution in [3.05, 3.63) is 35.4 Å². The van der Waals surface area contributed by atoms with E-state index in [1.165, 1.54) is 31.4 Å². The van der Waals surface area contributed by atoms with E-state index in [1.54, 1.807) is 0 Å². The minimum atomic E-state index is -0.862. The largest absolute Gasteiger partial charge is 0.376 e. The van der Waals surface area contributed by atoms with Crippen molar-refractivity contribution >= 4 is 0 Å². The van der Waals surface area contributed by atoms with Crippen molar-refractivity contribution in [2.75, 3.05) is 6.61 Å². The van der Waals surface area contributed by atoms with Crippen molar-refractivity contribution in [3.63, 3.8) is 0 Å². The number of nitrogens with two attached hydrogens (primary N) is 1. The Kier molecular flexibility index (Phi) is 5.49. The summed E-state index contributed by atoms with van der Waals surface area (Å²) in [5.74, 6) is -1.16. The molecule has 0 radical (unpaired) electrons. The number of halogens is 2. The van der Waals surface area contributed by atoms with Crippen LogP contribution in [0.25, 0.3) is 0 Å². The summed E-state index contributed by atoms with van der Waals surface area (Å²) in [5.41, 5.74) is 6.13. The summed E-state index contributed by atoms with van der Waals surface area (Å²) in [7, 11) is 0. The number of benzene rings is 1. The Hall–Kier alpha value is -1.00. The molecule has 1 aromatic rings. The summed E-state index contributed by atoms with van der Waals surface area (Å²) in [6, 6.07) is 3.47. The van der Waals surface area contributed by atoms with Crippen molar-refractivity contribution in [2.45, 2.75) is 51.2 Å². The molecule has 1 aliphatic carbocycles. The van der Waals surface area contributed by atoms with Crippen LogP contribution in [0.5, 0.6) is 0 Å². The highest BCUT2D eigenvalue weighted by atomic mass is 19.2. The Morgan fingerprint density at radius 2 is 2.05 bits per heavy atom. The van der Waals surface area contributed by atoms with Crippen LogP contribution >= 0.6 is 0 Å². The zero-order valence-corrected chi connectivity index (χ0v) is 11.9. The first-order valence-electron chi connectivity index (χ1n) is 7.44. The highest BCUT2D eigenvalue weighted by molar-refractivity contribution is 5.22. The zero-order valence-electron chi connectivity index (χ0n) is 11.9. The second-order valence-electron chi connectivity index (χ2n) is 5.57. The number of hydrogen-bond donors (Lipinski definition) is 1. The van der Waals surface area contributed by atoms with Crippen LogP contribution in [-0.4, -0.2) is 12.7 Å². The normalized spacial score (nSPS) is 24.6. The van der Waals surface area contributed by atoms with Crippen LogP contribution in [0.1, 0.15) is 50.6 Å². The molecular formula is C16H23F2NO. The van der Waals surface area contributed by atoms with Gasteiger partial charge in [0.25, 0.3) is 0 Å². The monoisotopic (exact) mass is 283 g/mol. The van der Waals surface area contributed by atoms with Crippen LogP contribution in [0.3, 0.4) is 0 Å². The van der Waals surface area contributed by atoms with Crippen molar-refractivity contribution in [3.8, 4) is 0 Å². The second-order valence-corrected chi connectivity index (χ2v) is 5.57. The summed E-state index contributed by atoms with van der Waals surface area (Å²) >= 11 is 0. The van der Waals surface area contributed by atoms with Gasteiger partial charge in [0.15, 0.2) is 11.6 Å². The molecule has 0 bridgehead atoms. The summed E-state index contributed by atoms with van der Waals surface area (Å²) in [5, 5.41) is 0. The van der Waals surface area contributed by atoms with E-state index in [0.29, 0.717) is 5.92 Å². The van der Waals surface area contributed by atoms with Crippen LogP contribution in [0.15, 0.2) is 18.2 Å². The summed E-state index contributed by atoms with van der Waals surface area (Å²) in [4.78, 5) is 0. The molecule has 112 valence electrons. The highest BCUT2D eigenvalue weighted by Gasteiger charge is 2.25. The van der Waals surface area contributed by atoms with Crippen LogP contribution in [-0.2, 0) is 4.74 Å². The van der Waals surface area contributed by atoms with Crippen LogP contribution < -0.4 is 5.73 Å². The molecular weight excluding hydrogens is 260 g/mol. The van der Waals surface area contributed by atoms with Crippen LogP contribution in [0.4, 0.5) is 8.78 Å². The standard InChI is InChI=1S/C16H23F2NO/c1-2-11-6-3-4-9-15(11)20-10-14(19)12-7-5-8-13(17)16(12)18/h5,7-8,11,14-15H,2-4,6,9-10,19H2,1H3. The molecule has 0 spiro atoms. The molecule has 2 N–H and O–H groups in total. The van der Waals surface area contributed by atoms with Gasteiger partial charge in [-0.2, -0.15) is 0 Å². The molecule has 2 rings (SSSR count). The fraction of sp³-hybridized carbons (Fsp3) is 0.625. The quantitative estimate of drug-likeness (QED) is 0.888. The van der Waals surface area contributed by atoms with Gasteiger partial charge in [0.1, 0.15) is 0 Å². The summed E-state index contributed by atoms with van der Waals surface area (Å²) in [6.07, 6.45) is 5.94. The molecule has 0 amide bonds. The molecule has 0 aromatic heterocycles. The Balaban J connectivity index is 1.94. The zero-order chi connectivity index (χ0) is 14.5. The fourth-order valence-electron chi connectivity index (χ4n) is 2.98. The third kappa shape index (κ3) is 3.55. The minimum absolute atomic E-state index is 0.189.